The lowest BCUT2D eigenvalue weighted by atomic mass is 10.1. The van der Waals surface area contributed by atoms with Crippen molar-refractivity contribution in [1.82, 2.24) is 0 Å². The largest absolute Gasteiger partial charge is 0.422 e. The zero-order valence-electron chi connectivity index (χ0n) is 12.1. The van der Waals surface area contributed by atoms with Crippen molar-refractivity contribution >= 4 is 23.4 Å². The Kier molecular flexibility index (Phi) is 4.43. The second kappa shape index (κ2) is 6.10. The van der Waals surface area contributed by atoms with E-state index in [1.807, 2.05) is 19.1 Å². The molecule has 0 aromatic heterocycles. The first-order chi connectivity index (χ1) is 9.90. The van der Waals surface area contributed by atoms with E-state index in [2.05, 4.69) is 0 Å². The summed E-state index contributed by atoms with van der Waals surface area (Å²) < 4.78 is 5.39. The second-order valence-corrected chi connectivity index (χ2v) is 5.27. The average molecular weight is 303 g/mol. The molecule has 108 valence electrons. The molecule has 0 atom stereocenters. The van der Waals surface area contributed by atoms with Crippen LogP contribution in [0.5, 0.6) is 5.75 Å². The number of rotatable bonds is 3. The highest BCUT2D eigenvalue weighted by Gasteiger charge is 2.17. The molecular formula is C17H15ClO3. The van der Waals surface area contributed by atoms with Gasteiger partial charge in [0.15, 0.2) is 5.78 Å². The lowest BCUT2D eigenvalue weighted by Gasteiger charge is -2.11. The van der Waals surface area contributed by atoms with Crippen molar-refractivity contribution < 1.29 is 14.3 Å². The predicted octanol–water partition coefficient (Wildman–Crippen LogP) is 4.38. The molecule has 2 aromatic rings. The Hall–Kier alpha value is -2.13. The van der Waals surface area contributed by atoms with Crippen LogP contribution in [0.3, 0.4) is 0 Å². The van der Waals surface area contributed by atoms with Crippen LogP contribution in [-0.2, 0) is 0 Å². The standard InChI is InChI=1S/C17H15ClO3/c1-10-6-4-5-7-13(10)17(20)21-16-8-11(2)15(18)9-14(16)12(3)19/h4-9H,1-3H3. The zero-order valence-corrected chi connectivity index (χ0v) is 12.8. The third-order valence-corrected chi connectivity index (χ3v) is 3.61. The molecule has 21 heavy (non-hydrogen) atoms. The smallest absolute Gasteiger partial charge is 0.343 e. The van der Waals surface area contributed by atoms with Crippen LogP contribution in [0.15, 0.2) is 36.4 Å². The molecule has 0 spiro atoms. The fraction of sp³-hybridized carbons (Fsp3) is 0.176. The SMILES string of the molecule is CC(=O)c1cc(Cl)c(C)cc1OC(=O)c1ccccc1C. The van der Waals surface area contributed by atoms with Gasteiger partial charge in [-0.3, -0.25) is 4.79 Å². The molecular weight excluding hydrogens is 288 g/mol. The quantitative estimate of drug-likeness (QED) is 0.480. The van der Waals surface area contributed by atoms with Crippen molar-refractivity contribution in [2.75, 3.05) is 0 Å². The molecule has 0 bridgehead atoms. The summed E-state index contributed by atoms with van der Waals surface area (Å²) in [6.45, 7) is 5.03. The van der Waals surface area contributed by atoms with Gasteiger partial charge in [0.05, 0.1) is 11.1 Å². The molecule has 4 heteroatoms. The fourth-order valence-corrected chi connectivity index (χ4v) is 2.14. The van der Waals surface area contributed by atoms with Gasteiger partial charge in [0.25, 0.3) is 0 Å². The van der Waals surface area contributed by atoms with Crippen LogP contribution in [0.4, 0.5) is 0 Å². The van der Waals surface area contributed by atoms with Gasteiger partial charge in [0, 0.05) is 5.02 Å². The third kappa shape index (κ3) is 3.31. The molecule has 0 fully saturated rings. The predicted molar refractivity (Wildman–Crippen MR) is 82.3 cm³/mol. The normalized spacial score (nSPS) is 10.3. The summed E-state index contributed by atoms with van der Waals surface area (Å²) in [6.07, 6.45) is 0. The summed E-state index contributed by atoms with van der Waals surface area (Å²) in [6, 6.07) is 10.3. The maximum absolute atomic E-state index is 12.2. The third-order valence-electron chi connectivity index (χ3n) is 3.21. The van der Waals surface area contributed by atoms with Crippen LogP contribution >= 0.6 is 11.6 Å². The highest BCUT2D eigenvalue weighted by molar-refractivity contribution is 6.31. The summed E-state index contributed by atoms with van der Waals surface area (Å²) in [7, 11) is 0. The van der Waals surface area contributed by atoms with Crippen LogP contribution in [0.1, 0.15) is 38.8 Å². The van der Waals surface area contributed by atoms with Gasteiger partial charge in [-0.2, -0.15) is 0 Å². The van der Waals surface area contributed by atoms with Gasteiger partial charge in [-0.25, -0.2) is 4.79 Å². The maximum atomic E-state index is 12.2. The van der Waals surface area contributed by atoms with E-state index in [-0.39, 0.29) is 11.5 Å². The van der Waals surface area contributed by atoms with E-state index in [0.29, 0.717) is 16.1 Å². The number of aryl methyl sites for hydroxylation is 2. The number of carbonyl (C=O) groups is 2. The number of Topliss-reactive ketones (excluding diaryl/α,β-unsaturated/α-hetero) is 1. The number of hydrogen-bond acceptors (Lipinski definition) is 3. The molecule has 0 saturated carbocycles. The first kappa shape index (κ1) is 15.3. The van der Waals surface area contributed by atoms with Gasteiger partial charge < -0.3 is 4.74 Å². The first-order valence-electron chi connectivity index (χ1n) is 6.49. The molecule has 2 rings (SSSR count). The topological polar surface area (TPSA) is 43.4 Å². The highest BCUT2D eigenvalue weighted by atomic mass is 35.5. The molecule has 0 saturated heterocycles. The molecule has 0 aliphatic carbocycles. The monoisotopic (exact) mass is 302 g/mol. The minimum atomic E-state index is -0.489. The Morgan fingerprint density at radius 2 is 1.67 bits per heavy atom. The minimum absolute atomic E-state index is 0.204. The number of ether oxygens (including phenoxy) is 1. The molecule has 0 amide bonds. The molecule has 3 nitrogen and oxygen atoms in total. The van der Waals surface area contributed by atoms with Crippen LogP contribution in [0.25, 0.3) is 0 Å². The number of hydrogen-bond donors (Lipinski definition) is 0. The Bertz CT molecular complexity index is 720. The van der Waals surface area contributed by atoms with Gasteiger partial charge in [-0.15, -0.1) is 0 Å². The van der Waals surface area contributed by atoms with Gasteiger partial charge in [0.2, 0.25) is 0 Å². The zero-order chi connectivity index (χ0) is 15.6. The van der Waals surface area contributed by atoms with Crippen LogP contribution < -0.4 is 4.74 Å². The van der Waals surface area contributed by atoms with Gasteiger partial charge in [0.1, 0.15) is 5.75 Å². The van der Waals surface area contributed by atoms with E-state index in [1.165, 1.54) is 13.0 Å². The van der Waals surface area contributed by atoms with Crippen molar-refractivity contribution in [3.8, 4) is 5.75 Å². The van der Waals surface area contributed by atoms with E-state index in [9.17, 15) is 9.59 Å². The number of carbonyl (C=O) groups excluding carboxylic acids is 2. The van der Waals surface area contributed by atoms with E-state index < -0.39 is 5.97 Å². The summed E-state index contributed by atoms with van der Waals surface area (Å²) in [5.74, 6) is -0.459. The van der Waals surface area contributed by atoms with E-state index >= 15 is 0 Å². The fourth-order valence-electron chi connectivity index (χ4n) is 1.97. The van der Waals surface area contributed by atoms with Crippen LogP contribution in [0.2, 0.25) is 5.02 Å². The maximum Gasteiger partial charge on any atom is 0.343 e. The van der Waals surface area contributed by atoms with Crippen molar-refractivity contribution in [2.24, 2.45) is 0 Å². The van der Waals surface area contributed by atoms with E-state index in [0.717, 1.165) is 11.1 Å². The number of esters is 1. The van der Waals surface area contributed by atoms with E-state index in [4.69, 9.17) is 16.3 Å². The number of benzene rings is 2. The second-order valence-electron chi connectivity index (χ2n) is 4.86. The van der Waals surface area contributed by atoms with Gasteiger partial charge >= 0.3 is 5.97 Å². The van der Waals surface area contributed by atoms with Crippen LogP contribution in [0, 0.1) is 13.8 Å². The summed E-state index contributed by atoms with van der Waals surface area (Å²) in [4.78, 5) is 23.9. The molecule has 0 aliphatic rings. The molecule has 0 radical (unpaired) electrons. The molecule has 2 aromatic carbocycles. The Balaban J connectivity index is 2.40. The molecule has 0 N–H and O–H groups in total. The Morgan fingerprint density at radius 1 is 1.00 bits per heavy atom. The molecule has 0 unspecified atom stereocenters. The summed E-state index contributed by atoms with van der Waals surface area (Å²) >= 11 is 6.02. The number of ketones is 1. The van der Waals surface area contributed by atoms with Gasteiger partial charge in [-0.1, -0.05) is 29.8 Å². The van der Waals surface area contributed by atoms with Crippen molar-refractivity contribution in [2.45, 2.75) is 20.8 Å². The molecule has 0 aliphatic heterocycles. The number of halogens is 1. The van der Waals surface area contributed by atoms with Gasteiger partial charge in [-0.05, 0) is 50.1 Å². The molecule has 0 heterocycles. The average Bonchev–Trinajstić information content (AvgIpc) is 2.42. The van der Waals surface area contributed by atoms with Crippen molar-refractivity contribution in [3.05, 3.63) is 63.7 Å². The highest BCUT2D eigenvalue weighted by Crippen LogP contribution is 2.28. The Labute approximate surface area is 128 Å². The lowest BCUT2D eigenvalue weighted by Crippen LogP contribution is -2.12. The Morgan fingerprint density at radius 3 is 2.29 bits per heavy atom. The van der Waals surface area contributed by atoms with Crippen molar-refractivity contribution in [3.63, 3.8) is 0 Å². The lowest BCUT2D eigenvalue weighted by molar-refractivity contribution is 0.0732. The van der Waals surface area contributed by atoms with Crippen LogP contribution in [-0.4, -0.2) is 11.8 Å². The summed E-state index contributed by atoms with van der Waals surface area (Å²) in [5.41, 5.74) is 2.33. The van der Waals surface area contributed by atoms with E-state index in [1.54, 1.807) is 25.1 Å². The minimum Gasteiger partial charge on any atom is -0.422 e. The van der Waals surface area contributed by atoms with Crippen molar-refractivity contribution in [1.29, 1.82) is 0 Å². The first-order valence-corrected chi connectivity index (χ1v) is 6.87. The summed E-state index contributed by atoms with van der Waals surface area (Å²) in [5, 5.41) is 0.468.